The lowest BCUT2D eigenvalue weighted by Crippen LogP contribution is -2.63. The predicted octanol–water partition coefficient (Wildman–Crippen LogP) is 4.00. The number of allylic oxidation sites excluding steroid dienone is 4. The van der Waals surface area contributed by atoms with Crippen LogP contribution in [0.4, 0.5) is 10.1 Å². The third-order valence-electron chi connectivity index (χ3n) is 13.5. The normalized spacial score (nSPS) is 31.2. The van der Waals surface area contributed by atoms with Gasteiger partial charge in [0.15, 0.2) is 23.5 Å². The molecule has 5 aliphatic rings. The third-order valence-corrected chi connectivity index (χ3v) is 15.5. The van der Waals surface area contributed by atoms with Gasteiger partial charge in [0.2, 0.25) is 17.7 Å². The Labute approximate surface area is 373 Å². The highest BCUT2D eigenvalue weighted by Crippen LogP contribution is 2.70. The molecule has 1 aromatic heterocycles. The molecule has 17 nitrogen and oxygen atoms in total. The molecular weight excluding hydrogens is 932 g/mol. The van der Waals surface area contributed by atoms with Crippen LogP contribution >= 0.6 is 35.1 Å². The van der Waals surface area contributed by atoms with Crippen LogP contribution < -0.4 is 16.0 Å². The molecule has 340 valence electrons. The van der Waals surface area contributed by atoms with Crippen LogP contribution in [0.1, 0.15) is 74.7 Å². The molecule has 10 atom stereocenters. The Balaban J connectivity index is 1.10. The number of carboxylic acid groups (broad SMARTS) is 1. The maximum absolute atomic E-state index is 16.5. The Morgan fingerprint density at radius 1 is 1.16 bits per heavy atom. The van der Waals surface area contributed by atoms with Crippen LogP contribution in [-0.2, 0) is 53.8 Å². The van der Waals surface area contributed by atoms with Crippen molar-refractivity contribution in [3.63, 3.8) is 0 Å². The minimum atomic E-state index is -5.11. The number of phosphoric ester groups is 1. The number of phosphoric acid groups is 1. The standard InChI is InChI=1S/C42H48BrFN3O14PS/c1-40-11-10-25(48)14-23(40)6-7-26-27-15-31-42(30(50)19-59-62(56,57)58,41(27,2)16-29(49)35(26)40)61-39(60-31)37-36(44)22(20-63-37)12-21-4-3-5-24(13-21)46-38(55)28(8-9-34(53)54)47-33(52)18-45-32(51)17-43/h3-5,10-11,13-14,20,26-29,31,35,39,49H,6-9,12,15-19H2,1-2H3,(H,45,51)(H,46,55)(H,47,52)(H,53,54)(H2,56,57,58)/t26-,27-,28-,29-,31+,35+,39+,40-,41-,42+/m0/s1. The van der Waals surface area contributed by atoms with Crippen molar-refractivity contribution in [2.45, 2.75) is 88.9 Å². The number of hydrogen-bond acceptors (Lipinski definition) is 12. The number of ether oxygens (including phenoxy) is 2. The van der Waals surface area contributed by atoms with Gasteiger partial charge >= 0.3 is 13.8 Å². The molecule has 7 N–H and O–H groups in total. The molecule has 4 aliphatic carbocycles. The van der Waals surface area contributed by atoms with Crippen molar-refractivity contribution >= 4 is 76.0 Å². The Morgan fingerprint density at radius 3 is 2.63 bits per heavy atom. The molecule has 1 aromatic carbocycles. The zero-order valence-corrected chi connectivity index (χ0v) is 37.5. The zero-order chi connectivity index (χ0) is 45.6. The number of aliphatic hydroxyl groups excluding tert-OH is 1. The van der Waals surface area contributed by atoms with Gasteiger partial charge in [-0.25, -0.2) is 8.96 Å². The summed E-state index contributed by atoms with van der Waals surface area (Å²) in [5, 5.41) is 30.2. The molecule has 1 saturated heterocycles. The van der Waals surface area contributed by atoms with Crippen LogP contribution in [0.5, 0.6) is 0 Å². The van der Waals surface area contributed by atoms with Crippen molar-refractivity contribution in [3.8, 4) is 0 Å². The van der Waals surface area contributed by atoms with Crippen LogP contribution in [0.2, 0.25) is 0 Å². The van der Waals surface area contributed by atoms with E-state index in [1.165, 1.54) is 6.08 Å². The number of Topliss-reactive ketones (excluding diaryl/α,β-unsaturated/α-hetero) is 1. The van der Waals surface area contributed by atoms with Gasteiger partial charge < -0.3 is 45.4 Å². The van der Waals surface area contributed by atoms with Gasteiger partial charge in [0.1, 0.15) is 18.5 Å². The molecule has 3 saturated carbocycles. The molecule has 0 radical (unpaired) electrons. The van der Waals surface area contributed by atoms with E-state index in [1.54, 1.807) is 35.7 Å². The molecule has 63 heavy (non-hydrogen) atoms. The number of amides is 3. The number of anilines is 1. The van der Waals surface area contributed by atoms with E-state index in [4.69, 9.17) is 14.0 Å². The minimum Gasteiger partial charge on any atom is -0.481 e. The molecule has 2 aromatic rings. The molecule has 0 unspecified atom stereocenters. The number of carbonyl (C=O) groups is 6. The van der Waals surface area contributed by atoms with E-state index in [1.807, 2.05) is 19.9 Å². The van der Waals surface area contributed by atoms with Gasteiger partial charge in [-0.3, -0.25) is 33.3 Å². The lowest BCUT2D eigenvalue weighted by atomic mass is 9.46. The number of carboxylic acids is 1. The van der Waals surface area contributed by atoms with E-state index in [9.17, 15) is 53.3 Å². The van der Waals surface area contributed by atoms with Crippen molar-refractivity contribution in [2.24, 2.45) is 28.6 Å². The largest absolute Gasteiger partial charge is 0.481 e. The minimum absolute atomic E-state index is 0.0163. The van der Waals surface area contributed by atoms with Crippen LogP contribution in [0.25, 0.3) is 0 Å². The van der Waals surface area contributed by atoms with Crippen molar-refractivity contribution in [1.29, 1.82) is 0 Å². The summed E-state index contributed by atoms with van der Waals surface area (Å²) in [6, 6.07) is 5.19. The van der Waals surface area contributed by atoms with Crippen LogP contribution in [0.3, 0.4) is 0 Å². The predicted molar refractivity (Wildman–Crippen MR) is 226 cm³/mol. The molecule has 1 aliphatic heterocycles. The first-order chi connectivity index (χ1) is 29.7. The fourth-order valence-electron chi connectivity index (χ4n) is 10.8. The summed E-state index contributed by atoms with van der Waals surface area (Å²) in [7, 11) is -5.11. The van der Waals surface area contributed by atoms with Crippen molar-refractivity contribution in [3.05, 3.63) is 75.3 Å². The van der Waals surface area contributed by atoms with E-state index >= 15 is 4.39 Å². The molecule has 21 heteroatoms. The molecule has 0 spiro atoms. The number of aliphatic hydroxyl groups is 1. The topological polar surface area (TPSA) is 264 Å². The highest BCUT2D eigenvalue weighted by Gasteiger charge is 2.76. The Kier molecular flexibility index (Phi) is 13.5. The van der Waals surface area contributed by atoms with Gasteiger partial charge in [0, 0.05) is 40.8 Å². The van der Waals surface area contributed by atoms with Gasteiger partial charge in [-0.2, -0.15) is 0 Å². The number of carbonyl (C=O) groups excluding carboxylic acids is 5. The molecular formula is C42H48BrFN3O14PS. The number of hydrogen-bond donors (Lipinski definition) is 7. The molecule has 2 heterocycles. The summed E-state index contributed by atoms with van der Waals surface area (Å²) < 4.78 is 46.1. The lowest BCUT2D eigenvalue weighted by molar-refractivity contribution is -0.200. The maximum atomic E-state index is 16.5. The molecule has 7 rings (SSSR count). The van der Waals surface area contributed by atoms with Gasteiger partial charge in [-0.1, -0.05) is 53.6 Å². The average molecular weight is 981 g/mol. The van der Waals surface area contributed by atoms with Gasteiger partial charge in [-0.05, 0) is 79.2 Å². The SMILES string of the molecule is C[C@]12C=CC(=O)C=C1CC[C@@H]1[C@@H]2[C@@H](O)C[C@@]2(C)[C@H]1C[C@H]1O[C@@H](c3scc(Cc4cccc(NC(=O)[C@H](CCC(=O)O)NC(=O)CNC(=O)CBr)c4)c3F)O[C@]12C(=O)COP(=O)(O)O. The smallest absolute Gasteiger partial charge is 0.470 e. The first kappa shape index (κ1) is 47.0. The molecule has 3 amide bonds. The quantitative estimate of drug-likeness (QED) is 0.0927. The van der Waals surface area contributed by atoms with E-state index in [-0.39, 0.29) is 70.7 Å². The first-order valence-electron chi connectivity index (χ1n) is 20.4. The Morgan fingerprint density at radius 2 is 1.92 bits per heavy atom. The Hall–Kier alpha value is -3.98. The van der Waals surface area contributed by atoms with Gasteiger partial charge in [0.05, 0.1) is 29.0 Å². The Bertz CT molecular complexity index is 2320. The number of rotatable bonds is 16. The monoisotopic (exact) mass is 979 g/mol. The number of halogens is 2. The first-order valence-corrected chi connectivity index (χ1v) is 23.9. The zero-order valence-electron chi connectivity index (χ0n) is 34.2. The van der Waals surface area contributed by atoms with Crippen LogP contribution in [0, 0.1) is 34.4 Å². The second-order valence-corrected chi connectivity index (χ2v) is 19.9. The fourth-order valence-corrected chi connectivity index (χ4v) is 12.2. The number of ketones is 2. The lowest BCUT2D eigenvalue weighted by Gasteiger charge is -2.59. The number of alkyl halides is 1. The maximum Gasteiger partial charge on any atom is 0.470 e. The molecule has 4 fully saturated rings. The fraction of sp³-hybridized carbons (Fsp3) is 0.524. The van der Waals surface area contributed by atoms with Crippen LogP contribution in [0.15, 0.2) is 53.4 Å². The summed E-state index contributed by atoms with van der Waals surface area (Å²) >= 11 is 3.95. The third kappa shape index (κ3) is 9.16. The van der Waals surface area contributed by atoms with Crippen molar-refractivity contribution in [2.75, 3.05) is 23.8 Å². The number of nitrogens with one attached hydrogen (secondary N) is 3. The number of fused-ring (bicyclic) bond motifs is 7. The summed E-state index contributed by atoms with van der Waals surface area (Å²) in [4.78, 5) is 94.4. The summed E-state index contributed by atoms with van der Waals surface area (Å²) in [5.41, 5.74) is -1.65. The number of aliphatic carboxylic acids is 1. The second-order valence-electron chi connectivity index (χ2n) is 17.2. The summed E-state index contributed by atoms with van der Waals surface area (Å²) in [5.74, 6) is -5.40. The van der Waals surface area contributed by atoms with Crippen molar-refractivity contribution < 1.29 is 71.7 Å². The number of thiophene rings is 1. The van der Waals surface area contributed by atoms with Gasteiger partial charge in [0.25, 0.3) is 0 Å². The van der Waals surface area contributed by atoms with Crippen molar-refractivity contribution in [1.82, 2.24) is 10.6 Å². The molecule has 0 bridgehead atoms. The summed E-state index contributed by atoms with van der Waals surface area (Å²) in [6.45, 7) is 2.35. The van der Waals surface area contributed by atoms with E-state index < -0.39 is 104 Å². The van der Waals surface area contributed by atoms with E-state index in [0.29, 0.717) is 18.4 Å². The van der Waals surface area contributed by atoms with E-state index in [2.05, 4.69) is 31.9 Å². The second kappa shape index (κ2) is 18.1. The summed E-state index contributed by atoms with van der Waals surface area (Å²) in [6.07, 6.45) is 2.50. The average Bonchev–Trinajstić information content (AvgIpc) is 3.86. The van der Waals surface area contributed by atoms with Gasteiger partial charge in [-0.15, -0.1) is 11.3 Å². The number of benzene rings is 1. The highest BCUT2D eigenvalue weighted by atomic mass is 79.9. The van der Waals surface area contributed by atoms with Crippen LogP contribution in [-0.4, -0.2) is 97.6 Å². The highest BCUT2D eigenvalue weighted by molar-refractivity contribution is 9.09. The van der Waals surface area contributed by atoms with E-state index in [0.717, 1.165) is 16.9 Å².